The second kappa shape index (κ2) is 7.14. The van der Waals surface area contributed by atoms with Crippen molar-refractivity contribution in [3.8, 4) is 11.5 Å². The molecule has 0 amide bonds. The highest BCUT2D eigenvalue weighted by Gasteiger charge is 2.12. The summed E-state index contributed by atoms with van der Waals surface area (Å²) in [7, 11) is 0. The molecular weight excluding hydrogens is 336 g/mol. The van der Waals surface area contributed by atoms with E-state index in [0.29, 0.717) is 11.8 Å². The van der Waals surface area contributed by atoms with E-state index in [0.717, 1.165) is 28.0 Å². The first kappa shape index (κ1) is 15.4. The molecule has 0 saturated carbocycles. The standard InChI is InChI=1S/C17H18BrClO/c1-3-12(2)15-6-4-5-7-16(15)20-17-10-14(18)9-8-13(17)11-19/h4-10,12H,3,11H2,1-2H3. The Morgan fingerprint density at radius 2 is 1.90 bits per heavy atom. The highest BCUT2D eigenvalue weighted by atomic mass is 79.9. The third-order valence-corrected chi connectivity index (χ3v) is 4.24. The summed E-state index contributed by atoms with van der Waals surface area (Å²) in [5.41, 5.74) is 2.23. The molecule has 0 saturated heterocycles. The number of alkyl halides is 1. The maximum atomic E-state index is 6.12. The molecule has 106 valence electrons. The number of para-hydroxylation sites is 1. The average molecular weight is 354 g/mol. The molecule has 1 unspecified atom stereocenters. The summed E-state index contributed by atoms with van der Waals surface area (Å²) in [5, 5.41) is 0. The van der Waals surface area contributed by atoms with Crippen molar-refractivity contribution in [2.75, 3.05) is 0 Å². The quantitative estimate of drug-likeness (QED) is 0.558. The molecular formula is C17H18BrClO. The van der Waals surface area contributed by atoms with E-state index in [2.05, 4.69) is 41.9 Å². The van der Waals surface area contributed by atoms with Crippen LogP contribution in [0, 0.1) is 0 Å². The van der Waals surface area contributed by atoms with Crippen molar-refractivity contribution < 1.29 is 4.74 Å². The van der Waals surface area contributed by atoms with Gasteiger partial charge in [-0.05, 0) is 36.1 Å². The summed E-state index contributed by atoms with van der Waals surface area (Å²) in [6.45, 7) is 4.40. The molecule has 2 aromatic rings. The second-order valence-electron chi connectivity index (χ2n) is 4.83. The van der Waals surface area contributed by atoms with E-state index in [1.54, 1.807) is 0 Å². The minimum atomic E-state index is 0.439. The molecule has 1 atom stereocenters. The molecule has 0 aliphatic rings. The molecule has 2 rings (SSSR count). The van der Waals surface area contributed by atoms with Gasteiger partial charge in [-0.2, -0.15) is 0 Å². The van der Waals surface area contributed by atoms with E-state index in [9.17, 15) is 0 Å². The first-order chi connectivity index (χ1) is 9.65. The zero-order chi connectivity index (χ0) is 14.5. The fraction of sp³-hybridized carbons (Fsp3) is 0.294. The predicted molar refractivity (Wildman–Crippen MR) is 88.9 cm³/mol. The first-order valence-electron chi connectivity index (χ1n) is 6.76. The zero-order valence-corrected chi connectivity index (χ0v) is 14.0. The minimum absolute atomic E-state index is 0.439. The lowest BCUT2D eigenvalue weighted by molar-refractivity contribution is 0.466. The Morgan fingerprint density at radius 3 is 2.60 bits per heavy atom. The number of hydrogen-bond donors (Lipinski definition) is 0. The fourth-order valence-corrected chi connectivity index (χ4v) is 2.61. The molecule has 3 heteroatoms. The number of rotatable bonds is 5. The lowest BCUT2D eigenvalue weighted by atomic mass is 9.98. The van der Waals surface area contributed by atoms with Crippen LogP contribution < -0.4 is 4.74 Å². The Balaban J connectivity index is 2.37. The third kappa shape index (κ3) is 3.56. The van der Waals surface area contributed by atoms with Gasteiger partial charge in [0.05, 0.1) is 5.88 Å². The molecule has 20 heavy (non-hydrogen) atoms. The largest absolute Gasteiger partial charge is 0.457 e. The van der Waals surface area contributed by atoms with Gasteiger partial charge in [0.1, 0.15) is 11.5 Å². The van der Waals surface area contributed by atoms with Gasteiger partial charge in [0, 0.05) is 10.0 Å². The van der Waals surface area contributed by atoms with Gasteiger partial charge < -0.3 is 4.74 Å². The van der Waals surface area contributed by atoms with Gasteiger partial charge in [-0.15, -0.1) is 11.6 Å². The maximum absolute atomic E-state index is 6.12. The van der Waals surface area contributed by atoms with E-state index in [4.69, 9.17) is 16.3 Å². The monoisotopic (exact) mass is 352 g/mol. The lowest BCUT2D eigenvalue weighted by Crippen LogP contribution is -1.97. The van der Waals surface area contributed by atoms with Gasteiger partial charge >= 0.3 is 0 Å². The lowest BCUT2D eigenvalue weighted by Gasteiger charge is -2.17. The minimum Gasteiger partial charge on any atom is -0.457 e. The van der Waals surface area contributed by atoms with Crippen molar-refractivity contribution in [3.63, 3.8) is 0 Å². The van der Waals surface area contributed by atoms with Gasteiger partial charge in [-0.1, -0.05) is 54.0 Å². The van der Waals surface area contributed by atoms with Crippen LogP contribution in [0.2, 0.25) is 0 Å². The van der Waals surface area contributed by atoms with Crippen molar-refractivity contribution in [1.82, 2.24) is 0 Å². The maximum Gasteiger partial charge on any atom is 0.132 e. The molecule has 0 radical (unpaired) electrons. The van der Waals surface area contributed by atoms with Crippen LogP contribution in [0.4, 0.5) is 0 Å². The molecule has 0 bridgehead atoms. The van der Waals surface area contributed by atoms with Crippen molar-refractivity contribution in [2.45, 2.75) is 32.1 Å². The zero-order valence-electron chi connectivity index (χ0n) is 11.7. The van der Waals surface area contributed by atoms with E-state index >= 15 is 0 Å². The van der Waals surface area contributed by atoms with Crippen LogP contribution in [0.3, 0.4) is 0 Å². The summed E-state index contributed by atoms with van der Waals surface area (Å²) in [6.07, 6.45) is 1.08. The summed E-state index contributed by atoms with van der Waals surface area (Å²) in [5.74, 6) is 2.63. The molecule has 0 N–H and O–H groups in total. The van der Waals surface area contributed by atoms with Gasteiger partial charge in [-0.25, -0.2) is 0 Å². The highest BCUT2D eigenvalue weighted by Crippen LogP contribution is 2.35. The topological polar surface area (TPSA) is 9.23 Å². The average Bonchev–Trinajstić information content (AvgIpc) is 2.47. The summed E-state index contributed by atoms with van der Waals surface area (Å²) < 4.78 is 7.11. The van der Waals surface area contributed by atoms with Crippen molar-refractivity contribution >= 4 is 27.5 Å². The van der Waals surface area contributed by atoms with Crippen LogP contribution in [0.1, 0.15) is 37.3 Å². The van der Waals surface area contributed by atoms with E-state index < -0.39 is 0 Å². The molecule has 1 nitrogen and oxygen atoms in total. The van der Waals surface area contributed by atoms with Crippen molar-refractivity contribution in [3.05, 3.63) is 58.1 Å². The molecule has 0 spiro atoms. The van der Waals surface area contributed by atoms with E-state index in [1.807, 2.05) is 30.3 Å². The molecule has 0 fully saturated rings. The second-order valence-corrected chi connectivity index (χ2v) is 6.02. The number of halogens is 2. The van der Waals surface area contributed by atoms with Crippen molar-refractivity contribution in [2.24, 2.45) is 0 Å². The smallest absolute Gasteiger partial charge is 0.132 e. The van der Waals surface area contributed by atoms with Crippen LogP contribution in [-0.2, 0) is 5.88 Å². The Hall–Kier alpha value is -0.990. The van der Waals surface area contributed by atoms with Crippen LogP contribution in [-0.4, -0.2) is 0 Å². The highest BCUT2D eigenvalue weighted by molar-refractivity contribution is 9.10. The van der Waals surface area contributed by atoms with Gasteiger partial charge in [0.15, 0.2) is 0 Å². The molecule has 0 aromatic heterocycles. The predicted octanol–water partition coefficient (Wildman–Crippen LogP) is 6.49. The summed E-state index contributed by atoms with van der Waals surface area (Å²) >= 11 is 9.46. The molecule has 0 aliphatic heterocycles. The summed E-state index contributed by atoms with van der Waals surface area (Å²) in [6, 6.07) is 14.1. The van der Waals surface area contributed by atoms with Gasteiger partial charge in [0.25, 0.3) is 0 Å². The Bertz CT molecular complexity index is 583. The van der Waals surface area contributed by atoms with Crippen LogP contribution in [0.15, 0.2) is 46.9 Å². The van der Waals surface area contributed by atoms with E-state index in [-0.39, 0.29) is 0 Å². The Labute approximate surface area is 134 Å². The third-order valence-electron chi connectivity index (χ3n) is 3.46. The number of ether oxygens (including phenoxy) is 1. The van der Waals surface area contributed by atoms with Gasteiger partial charge in [-0.3, -0.25) is 0 Å². The van der Waals surface area contributed by atoms with Crippen LogP contribution in [0.5, 0.6) is 11.5 Å². The molecule has 0 aliphatic carbocycles. The summed E-state index contributed by atoms with van der Waals surface area (Å²) in [4.78, 5) is 0. The number of hydrogen-bond acceptors (Lipinski definition) is 1. The van der Waals surface area contributed by atoms with Crippen LogP contribution in [0.25, 0.3) is 0 Å². The van der Waals surface area contributed by atoms with Crippen LogP contribution >= 0.6 is 27.5 Å². The molecule has 2 aromatic carbocycles. The number of benzene rings is 2. The fourth-order valence-electron chi connectivity index (χ4n) is 2.05. The Morgan fingerprint density at radius 1 is 1.15 bits per heavy atom. The SMILES string of the molecule is CCC(C)c1ccccc1Oc1cc(Br)ccc1CCl. The molecule has 0 heterocycles. The normalized spacial score (nSPS) is 12.2. The van der Waals surface area contributed by atoms with Gasteiger partial charge in [0.2, 0.25) is 0 Å². The van der Waals surface area contributed by atoms with Crippen molar-refractivity contribution in [1.29, 1.82) is 0 Å². The van der Waals surface area contributed by atoms with E-state index in [1.165, 1.54) is 5.56 Å². The Kier molecular flexibility index (Phi) is 5.50. The first-order valence-corrected chi connectivity index (χ1v) is 8.09.